The minimum atomic E-state index is -0.0904. The number of hydrogen-bond acceptors (Lipinski definition) is 4. The van der Waals surface area contributed by atoms with Gasteiger partial charge in [-0.2, -0.15) is 0 Å². The van der Waals surface area contributed by atoms with Crippen molar-refractivity contribution in [2.75, 3.05) is 19.6 Å². The van der Waals surface area contributed by atoms with Crippen LogP contribution in [0.15, 0.2) is 303 Å². The van der Waals surface area contributed by atoms with Crippen LogP contribution in [0.4, 0.5) is 68.2 Å². The van der Waals surface area contributed by atoms with Crippen LogP contribution in [-0.4, -0.2) is 51.6 Å². The fourth-order valence-electron chi connectivity index (χ4n) is 16.5. The van der Waals surface area contributed by atoms with Crippen LogP contribution in [0.1, 0.15) is 0 Å². The van der Waals surface area contributed by atoms with Gasteiger partial charge >= 0.3 is 548 Å². The number of para-hydroxylation sites is 8. The molecule has 17 aromatic rings. The van der Waals surface area contributed by atoms with Gasteiger partial charge in [0, 0.05) is 0 Å². The Morgan fingerprint density at radius 2 is 0.554 bits per heavy atom. The van der Waals surface area contributed by atoms with E-state index in [0.717, 1.165) is 34.1 Å². The van der Waals surface area contributed by atoms with Crippen molar-refractivity contribution in [3.05, 3.63) is 303 Å². The normalized spacial score (nSPS) is 13.5. The van der Waals surface area contributed by atoms with E-state index in [1.807, 2.05) is 0 Å². The van der Waals surface area contributed by atoms with Crippen molar-refractivity contribution >= 4 is 204 Å². The number of anilines is 12. The maximum atomic E-state index is 2.75. The quantitative estimate of drug-likeness (QED) is 0.155. The average Bonchev–Trinajstić information content (AvgIpc) is 1.40. The second-order valence-electron chi connectivity index (χ2n) is 24.6. The molecule has 0 unspecified atom stereocenters. The van der Waals surface area contributed by atoms with Gasteiger partial charge in [0.25, 0.3) is 0 Å². The topological polar surface area (TPSA) is 22.8 Å². The van der Waals surface area contributed by atoms with Crippen molar-refractivity contribution in [1.82, 2.24) is 9.13 Å². The first-order chi connectivity index (χ1) is 45.7. The van der Waals surface area contributed by atoms with Crippen LogP contribution in [0.5, 0.6) is 0 Å². The van der Waals surface area contributed by atoms with Crippen LogP contribution in [-0.2, 0) is 0 Å². The summed E-state index contributed by atoms with van der Waals surface area (Å²) in [6.07, 6.45) is 0. The molecule has 0 saturated carbocycles. The third-order valence-corrected chi connectivity index (χ3v) is 25.1. The molecule has 4 aromatic heterocycles. The molecule has 0 saturated heterocycles. The van der Waals surface area contributed by atoms with Crippen molar-refractivity contribution in [3.63, 3.8) is 0 Å². The molecule has 426 valence electrons. The van der Waals surface area contributed by atoms with Crippen molar-refractivity contribution in [3.8, 4) is 11.4 Å². The van der Waals surface area contributed by atoms with Gasteiger partial charge in [0.1, 0.15) is 0 Å². The monoisotopic (exact) mass is 1300 g/mol. The van der Waals surface area contributed by atoms with Crippen LogP contribution < -0.4 is 50.1 Å². The molecule has 0 fully saturated rings. The average molecular weight is 1300 g/mol. The van der Waals surface area contributed by atoms with E-state index in [1.54, 1.807) is 0 Å². The molecule has 6 nitrogen and oxygen atoms in total. The van der Waals surface area contributed by atoms with Gasteiger partial charge in [0.2, 0.25) is 0 Å². The molecule has 13 aromatic carbocycles. The molecule has 0 spiro atoms. The van der Waals surface area contributed by atoms with E-state index >= 15 is 0 Å². The van der Waals surface area contributed by atoms with E-state index in [4.69, 9.17) is 0 Å². The molecule has 0 radical (unpaired) electrons. The third kappa shape index (κ3) is 6.91. The Hall–Kier alpha value is -10.7. The number of aromatic nitrogens is 2. The number of fused-ring (bicyclic) bond motifs is 20. The first-order valence-corrected chi connectivity index (χ1v) is 35.1. The van der Waals surface area contributed by atoms with Crippen molar-refractivity contribution in [2.24, 2.45) is 0 Å². The molecule has 4 aliphatic heterocycles. The fourth-order valence-corrected chi connectivity index (χ4v) is 22.0. The Bertz CT molecular complexity index is 5570. The van der Waals surface area contributed by atoms with Gasteiger partial charge in [0.05, 0.1) is 0 Å². The Balaban J connectivity index is 0.959. The second-order valence-corrected chi connectivity index (χ2v) is 29.2. The van der Waals surface area contributed by atoms with E-state index < -0.39 is 0 Å². The first-order valence-electron chi connectivity index (χ1n) is 31.7. The summed E-state index contributed by atoms with van der Waals surface area (Å²) >= 11 is -0.0377. The molecule has 0 amide bonds. The summed E-state index contributed by atoms with van der Waals surface area (Å²) in [7, 11) is 0. The zero-order valence-corrected chi connectivity index (χ0v) is 52.9. The van der Waals surface area contributed by atoms with E-state index in [9.17, 15) is 0 Å². The van der Waals surface area contributed by atoms with Gasteiger partial charge in [0.15, 0.2) is 0 Å². The van der Waals surface area contributed by atoms with Gasteiger partial charge < -0.3 is 0 Å². The summed E-state index contributed by atoms with van der Waals surface area (Å²) in [4.78, 5) is 10.7. The molecule has 21 rings (SSSR count). The predicted octanol–water partition coefficient (Wildman–Crippen LogP) is 16.5. The number of rotatable bonds is 6. The summed E-state index contributed by atoms with van der Waals surface area (Å²) in [5.74, 6) is 0. The van der Waals surface area contributed by atoms with Crippen LogP contribution in [0, 0.1) is 0 Å². The molecule has 8 heterocycles. The van der Waals surface area contributed by atoms with E-state index in [-0.39, 0.29) is 42.4 Å². The van der Waals surface area contributed by atoms with Crippen LogP contribution in [0.2, 0.25) is 0 Å². The summed E-state index contributed by atoms with van der Waals surface area (Å²) in [6, 6.07) is 115. The van der Waals surface area contributed by atoms with Gasteiger partial charge in [-0.05, 0) is 0 Å². The number of nitrogens with zero attached hydrogens (tertiary/aromatic N) is 6. The second kappa shape index (κ2) is 19.4. The minimum absolute atomic E-state index is 0.0188. The van der Waals surface area contributed by atoms with Crippen LogP contribution in [0.3, 0.4) is 0 Å². The zero-order valence-electron chi connectivity index (χ0n) is 49.5. The van der Waals surface area contributed by atoms with Gasteiger partial charge in [-0.3, -0.25) is 0 Å². The summed E-state index contributed by atoms with van der Waals surface area (Å²) in [6.45, 7) is -0.181. The predicted molar refractivity (Wildman–Crippen MR) is 392 cm³/mol. The molecule has 0 N–H and O–H groups in total. The molecule has 4 aliphatic rings. The number of hydrogen-bond donors (Lipinski definition) is 0. The van der Waals surface area contributed by atoms with E-state index in [1.165, 1.54) is 139 Å². The first kappa shape index (κ1) is 51.1. The Labute approximate surface area is 543 Å². The van der Waals surface area contributed by atoms with E-state index in [0.29, 0.717) is 0 Å². The fraction of sp³-hybridized carbons (Fsp3) is 0. The molecule has 0 aliphatic carbocycles. The van der Waals surface area contributed by atoms with Crippen molar-refractivity contribution in [1.29, 1.82) is 0 Å². The Morgan fingerprint density at radius 3 is 0.935 bits per heavy atom. The van der Waals surface area contributed by atoms with Gasteiger partial charge in [-0.1, -0.05) is 0 Å². The van der Waals surface area contributed by atoms with Gasteiger partial charge in [-0.25, -0.2) is 0 Å². The van der Waals surface area contributed by atoms with Crippen molar-refractivity contribution < 1.29 is 0 Å². The molecule has 92 heavy (non-hydrogen) atoms. The Morgan fingerprint density at radius 1 is 0.239 bits per heavy atom. The van der Waals surface area contributed by atoms with Gasteiger partial charge in [-0.15, -0.1) is 0 Å². The summed E-state index contributed by atoms with van der Waals surface area (Å²) in [5, 5.41) is 7.65. The van der Waals surface area contributed by atoms with E-state index in [2.05, 4.69) is 332 Å². The summed E-state index contributed by atoms with van der Waals surface area (Å²) < 4.78 is 10.9. The standard InChI is InChI=1S/C82H50B2N6Se2/c1-7-27-51(28-8-1)85-63-43-23-19-39-57(63)73-67(85)49-69-75-79(73)89(55-35-15-5-16-36-55)77-59-41-21-25-45-71(59)91-81(77)83(75)61-47-62-66(48-65(61)87(69)53-31-11-3-12-32-53)88(54-33-13-4-14-34-54)70-50-68-74(58-40-20-24-44-64(58)86(68)52-29-9-2-10-30-52)80-76(70)84(62)82-78(60-42-22-26-46-72(60)92-82)90(80)56-37-17-6-18-38-56/h1-50H. The Kier molecular flexibility index (Phi) is 10.8. The summed E-state index contributed by atoms with van der Waals surface area (Å²) in [5.41, 5.74) is 26.9. The van der Waals surface area contributed by atoms with Crippen LogP contribution >= 0.6 is 0 Å². The molecular formula is C82H50B2N6Se2. The molecular weight excluding hydrogens is 1250 g/mol. The SMILES string of the molecule is c1ccc(N2c3cc4c(cc3B3c5[se]c6ccccc6c5N(c5ccccc5)c5c3c2cc2c5c3ccccc3n2-c2ccccc2)B2c3[se]c5ccccc5c3N(c3ccccc3)c3c2c(cc2c3c3ccccc3n2-c2ccccc2)N4c2ccccc2)cc1. The molecule has 0 bridgehead atoms. The number of benzene rings is 13. The molecule has 10 heteroatoms. The van der Waals surface area contributed by atoms with Crippen molar-refractivity contribution in [2.45, 2.75) is 0 Å². The zero-order chi connectivity index (χ0) is 59.9. The van der Waals surface area contributed by atoms with Crippen LogP contribution in [0.25, 0.3) is 74.3 Å². The maximum absolute atomic E-state index is 2.75. The molecule has 0 atom stereocenters. The third-order valence-electron chi connectivity index (χ3n) is 19.9.